The highest BCUT2D eigenvalue weighted by molar-refractivity contribution is 9.09. The lowest BCUT2D eigenvalue weighted by Gasteiger charge is -2.25. The largest absolute Gasteiger partial charge is 0.314 e. The summed E-state index contributed by atoms with van der Waals surface area (Å²) in [5.74, 6) is 1.01. The molecule has 1 aliphatic carbocycles. The van der Waals surface area contributed by atoms with Crippen molar-refractivity contribution < 1.29 is 0 Å². The normalized spacial score (nSPS) is 21.0. The molecule has 2 heteroatoms. The van der Waals surface area contributed by atoms with Gasteiger partial charge in [-0.1, -0.05) is 48.0 Å². The number of alkyl halides is 1. The second-order valence-corrected chi connectivity index (χ2v) is 5.43. The van der Waals surface area contributed by atoms with Gasteiger partial charge in [0.2, 0.25) is 0 Å². The Labute approximate surface area is 97.2 Å². The molecule has 1 saturated carbocycles. The molecule has 0 aromatic carbocycles. The van der Waals surface area contributed by atoms with Gasteiger partial charge in [0.15, 0.2) is 0 Å². The minimum atomic E-state index is 0.720. The SMILES string of the molecule is CC(CC1CCCCC1)NCCCBr. The number of hydrogen-bond donors (Lipinski definition) is 1. The molecule has 1 unspecified atom stereocenters. The zero-order valence-electron chi connectivity index (χ0n) is 9.40. The van der Waals surface area contributed by atoms with E-state index in [1.807, 2.05) is 0 Å². The molecule has 0 amide bonds. The predicted molar refractivity (Wildman–Crippen MR) is 67.1 cm³/mol. The van der Waals surface area contributed by atoms with Gasteiger partial charge in [-0.3, -0.25) is 0 Å². The van der Waals surface area contributed by atoms with Crippen LogP contribution in [0, 0.1) is 5.92 Å². The Hall–Kier alpha value is 0.440. The fourth-order valence-corrected chi connectivity index (χ4v) is 2.70. The quantitative estimate of drug-likeness (QED) is 0.568. The van der Waals surface area contributed by atoms with Gasteiger partial charge < -0.3 is 5.32 Å². The van der Waals surface area contributed by atoms with Crippen LogP contribution in [0.1, 0.15) is 51.9 Å². The average molecular weight is 262 g/mol. The van der Waals surface area contributed by atoms with Crippen LogP contribution in [-0.4, -0.2) is 17.9 Å². The molecule has 0 saturated heterocycles. The number of hydrogen-bond acceptors (Lipinski definition) is 1. The van der Waals surface area contributed by atoms with E-state index in [9.17, 15) is 0 Å². The van der Waals surface area contributed by atoms with Gasteiger partial charge in [0.1, 0.15) is 0 Å². The summed E-state index contributed by atoms with van der Waals surface area (Å²) in [6.45, 7) is 3.50. The first kappa shape index (κ1) is 12.5. The monoisotopic (exact) mass is 261 g/mol. The van der Waals surface area contributed by atoms with E-state index in [2.05, 4.69) is 28.2 Å². The summed E-state index contributed by atoms with van der Waals surface area (Å²) in [4.78, 5) is 0. The van der Waals surface area contributed by atoms with Gasteiger partial charge in [-0.05, 0) is 32.2 Å². The summed E-state index contributed by atoms with van der Waals surface area (Å²) in [7, 11) is 0. The van der Waals surface area contributed by atoms with Crippen molar-refractivity contribution in [3.8, 4) is 0 Å². The molecule has 1 fully saturated rings. The first-order chi connectivity index (χ1) is 6.83. The maximum absolute atomic E-state index is 3.60. The number of nitrogens with one attached hydrogen (secondary N) is 1. The highest BCUT2D eigenvalue weighted by Crippen LogP contribution is 2.27. The van der Waals surface area contributed by atoms with Crippen LogP contribution in [0.4, 0.5) is 0 Å². The van der Waals surface area contributed by atoms with E-state index < -0.39 is 0 Å². The molecule has 0 aliphatic heterocycles. The third-order valence-corrected chi connectivity index (χ3v) is 3.78. The molecule has 1 atom stereocenters. The van der Waals surface area contributed by atoms with Crippen molar-refractivity contribution in [3.63, 3.8) is 0 Å². The molecule has 1 rings (SSSR count). The van der Waals surface area contributed by atoms with Gasteiger partial charge in [0, 0.05) is 11.4 Å². The Morgan fingerprint density at radius 2 is 2.00 bits per heavy atom. The van der Waals surface area contributed by atoms with Crippen LogP contribution in [0.2, 0.25) is 0 Å². The van der Waals surface area contributed by atoms with E-state index in [1.54, 1.807) is 0 Å². The first-order valence-electron chi connectivity index (χ1n) is 6.12. The summed E-state index contributed by atoms with van der Waals surface area (Å²) in [5.41, 5.74) is 0. The zero-order chi connectivity index (χ0) is 10.2. The van der Waals surface area contributed by atoms with E-state index in [1.165, 1.54) is 51.5 Å². The third-order valence-electron chi connectivity index (χ3n) is 3.21. The summed E-state index contributed by atoms with van der Waals surface area (Å²) < 4.78 is 0. The predicted octanol–water partition coefficient (Wildman–Crippen LogP) is 3.72. The molecular formula is C12H24BrN. The lowest BCUT2D eigenvalue weighted by Crippen LogP contribution is -2.29. The molecule has 0 aromatic heterocycles. The van der Waals surface area contributed by atoms with Gasteiger partial charge in [0.05, 0.1) is 0 Å². The molecule has 0 spiro atoms. The number of rotatable bonds is 6. The van der Waals surface area contributed by atoms with E-state index in [-0.39, 0.29) is 0 Å². The van der Waals surface area contributed by atoms with Crippen LogP contribution >= 0.6 is 15.9 Å². The van der Waals surface area contributed by atoms with E-state index in [0.717, 1.165) is 17.3 Å². The lowest BCUT2D eigenvalue weighted by molar-refractivity contribution is 0.305. The second kappa shape index (κ2) is 7.70. The maximum Gasteiger partial charge on any atom is 0.00433 e. The second-order valence-electron chi connectivity index (χ2n) is 4.64. The molecule has 0 bridgehead atoms. The van der Waals surface area contributed by atoms with Crippen LogP contribution in [0.3, 0.4) is 0 Å². The Morgan fingerprint density at radius 3 is 2.64 bits per heavy atom. The maximum atomic E-state index is 3.60. The van der Waals surface area contributed by atoms with Gasteiger partial charge in [-0.25, -0.2) is 0 Å². The van der Waals surface area contributed by atoms with E-state index in [0.29, 0.717) is 0 Å². The summed E-state index contributed by atoms with van der Waals surface area (Å²) in [6.07, 6.45) is 10.0. The van der Waals surface area contributed by atoms with Gasteiger partial charge >= 0.3 is 0 Å². The Bertz CT molecular complexity index is 132. The van der Waals surface area contributed by atoms with Crippen LogP contribution in [0.5, 0.6) is 0 Å². The standard InChI is InChI=1S/C12H24BrN/c1-11(14-9-5-8-13)10-12-6-3-2-4-7-12/h11-12,14H,2-10H2,1H3. The molecular weight excluding hydrogens is 238 g/mol. The Balaban J connectivity index is 2.03. The third kappa shape index (κ3) is 5.35. The van der Waals surface area contributed by atoms with Crippen LogP contribution in [-0.2, 0) is 0 Å². The summed E-state index contributed by atoms with van der Waals surface area (Å²) >= 11 is 3.46. The smallest absolute Gasteiger partial charge is 0.00433 e. The Kier molecular flexibility index (Phi) is 6.88. The van der Waals surface area contributed by atoms with Gasteiger partial charge in [-0.2, -0.15) is 0 Å². The van der Waals surface area contributed by atoms with E-state index in [4.69, 9.17) is 0 Å². The first-order valence-corrected chi connectivity index (χ1v) is 7.24. The van der Waals surface area contributed by atoms with E-state index >= 15 is 0 Å². The highest BCUT2D eigenvalue weighted by atomic mass is 79.9. The van der Waals surface area contributed by atoms with Crippen LogP contribution in [0.15, 0.2) is 0 Å². The fourth-order valence-electron chi connectivity index (χ4n) is 2.42. The minimum absolute atomic E-state index is 0.720. The van der Waals surface area contributed by atoms with Gasteiger partial charge in [0.25, 0.3) is 0 Å². The average Bonchev–Trinajstić information content (AvgIpc) is 2.20. The fraction of sp³-hybridized carbons (Fsp3) is 1.00. The van der Waals surface area contributed by atoms with Crippen molar-refractivity contribution in [2.45, 2.75) is 57.9 Å². The molecule has 1 N–H and O–H groups in total. The van der Waals surface area contributed by atoms with Crippen LogP contribution < -0.4 is 5.32 Å². The molecule has 14 heavy (non-hydrogen) atoms. The summed E-state index contributed by atoms with van der Waals surface area (Å²) in [5, 5.41) is 4.72. The van der Waals surface area contributed by atoms with Crippen molar-refractivity contribution in [2.75, 3.05) is 11.9 Å². The summed E-state index contributed by atoms with van der Waals surface area (Å²) in [6, 6.07) is 0.720. The Morgan fingerprint density at radius 1 is 1.29 bits per heavy atom. The van der Waals surface area contributed by atoms with Crippen molar-refractivity contribution in [1.82, 2.24) is 5.32 Å². The molecule has 84 valence electrons. The molecule has 0 radical (unpaired) electrons. The van der Waals surface area contributed by atoms with Crippen molar-refractivity contribution in [3.05, 3.63) is 0 Å². The molecule has 1 aliphatic rings. The molecule has 0 heterocycles. The minimum Gasteiger partial charge on any atom is -0.314 e. The highest BCUT2D eigenvalue weighted by Gasteiger charge is 2.15. The van der Waals surface area contributed by atoms with Crippen LogP contribution in [0.25, 0.3) is 0 Å². The molecule has 0 aromatic rings. The van der Waals surface area contributed by atoms with Crippen molar-refractivity contribution in [1.29, 1.82) is 0 Å². The molecule has 1 nitrogen and oxygen atoms in total. The topological polar surface area (TPSA) is 12.0 Å². The zero-order valence-corrected chi connectivity index (χ0v) is 11.0. The van der Waals surface area contributed by atoms with Crippen molar-refractivity contribution >= 4 is 15.9 Å². The number of halogens is 1. The van der Waals surface area contributed by atoms with Crippen molar-refractivity contribution in [2.24, 2.45) is 5.92 Å². The lowest BCUT2D eigenvalue weighted by atomic mass is 9.85. The van der Waals surface area contributed by atoms with Gasteiger partial charge in [-0.15, -0.1) is 0 Å².